The second-order valence-electron chi connectivity index (χ2n) is 5.00. The van der Waals surface area contributed by atoms with Crippen molar-refractivity contribution in [3.8, 4) is 5.75 Å². The second-order valence-corrected chi connectivity index (χ2v) is 5.84. The number of hydrogen-bond donors (Lipinski definition) is 2. The molecule has 2 aromatic carbocycles. The van der Waals surface area contributed by atoms with Gasteiger partial charge in [0.25, 0.3) is 11.8 Å². The molecule has 0 unspecified atom stereocenters. The van der Waals surface area contributed by atoms with E-state index in [0.717, 1.165) is 0 Å². The molecule has 0 bridgehead atoms. The van der Waals surface area contributed by atoms with Crippen LogP contribution in [0.2, 0.25) is 10.0 Å². The molecule has 0 aliphatic rings. The third-order valence-electron chi connectivity index (χ3n) is 3.01. The van der Waals surface area contributed by atoms with Crippen molar-refractivity contribution < 1.29 is 23.9 Å². The maximum atomic E-state index is 12.1. The van der Waals surface area contributed by atoms with E-state index in [0.29, 0.717) is 15.7 Å². The Kier molecular flexibility index (Phi) is 6.82. The van der Waals surface area contributed by atoms with Gasteiger partial charge < -0.3 is 20.5 Å². The lowest BCUT2D eigenvalue weighted by Crippen LogP contribution is -2.23. The van der Waals surface area contributed by atoms with Crippen molar-refractivity contribution >= 4 is 46.7 Å². The third-order valence-corrected chi connectivity index (χ3v) is 3.58. The molecule has 0 fully saturated rings. The number of primary amides is 1. The van der Waals surface area contributed by atoms with Gasteiger partial charge in [-0.15, -0.1) is 0 Å². The van der Waals surface area contributed by atoms with Crippen molar-refractivity contribution in [3.05, 3.63) is 58.1 Å². The summed E-state index contributed by atoms with van der Waals surface area (Å²) >= 11 is 11.8. The van der Waals surface area contributed by atoms with Crippen LogP contribution in [0.25, 0.3) is 0 Å². The molecule has 0 atom stereocenters. The van der Waals surface area contributed by atoms with Gasteiger partial charge in [0.15, 0.2) is 13.2 Å². The Bertz CT molecular complexity index is 842. The molecule has 0 saturated carbocycles. The van der Waals surface area contributed by atoms with Crippen molar-refractivity contribution in [3.63, 3.8) is 0 Å². The molecule has 2 aromatic rings. The zero-order valence-corrected chi connectivity index (χ0v) is 14.8. The zero-order valence-electron chi connectivity index (χ0n) is 13.3. The third kappa shape index (κ3) is 5.65. The Labute approximate surface area is 159 Å². The minimum absolute atomic E-state index is 0.0577. The second kappa shape index (κ2) is 9.07. The van der Waals surface area contributed by atoms with E-state index >= 15 is 0 Å². The minimum atomic E-state index is -0.794. The van der Waals surface area contributed by atoms with Gasteiger partial charge in [0.1, 0.15) is 11.3 Å². The van der Waals surface area contributed by atoms with Gasteiger partial charge in [0.2, 0.25) is 0 Å². The molecule has 0 aromatic heterocycles. The van der Waals surface area contributed by atoms with Crippen LogP contribution < -0.4 is 15.8 Å². The molecule has 0 heterocycles. The first-order chi connectivity index (χ1) is 12.4. The number of carbonyl (C=O) groups excluding carboxylic acids is 3. The number of esters is 1. The van der Waals surface area contributed by atoms with Crippen LogP contribution in [0.15, 0.2) is 42.5 Å². The summed E-state index contributed by atoms with van der Waals surface area (Å²) in [5.41, 5.74) is 5.36. The molecule has 0 saturated heterocycles. The Hall–Kier alpha value is -2.77. The number of nitrogens with two attached hydrogens (primary N) is 1. The number of halogens is 2. The molecule has 9 heteroatoms. The molecule has 7 nitrogen and oxygen atoms in total. The number of nitrogens with one attached hydrogen (secondary N) is 1. The highest BCUT2D eigenvalue weighted by Crippen LogP contribution is 2.25. The Balaban J connectivity index is 1.97. The van der Waals surface area contributed by atoms with Gasteiger partial charge in [-0.05, 0) is 30.3 Å². The van der Waals surface area contributed by atoms with Crippen LogP contribution in [0.4, 0.5) is 5.69 Å². The molecular formula is C17H14Cl2N2O5. The molecule has 26 heavy (non-hydrogen) atoms. The van der Waals surface area contributed by atoms with E-state index in [1.54, 1.807) is 18.2 Å². The molecule has 0 spiro atoms. The largest absolute Gasteiger partial charge is 0.483 e. The number of para-hydroxylation sites is 1. The number of hydrogen-bond acceptors (Lipinski definition) is 5. The van der Waals surface area contributed by atoms with Crippen molar-refractivity contribution in [1.29, 1.82) is 0 Å². The Morgan fingerprint density at radius 2 is 1.77 bits per heavy atom. The van der Waals surface area contributed by atoms with Gasteiger partial charge in [-0.3, -0.25) is 9.59 Å². The molecule has 2 amide bonds. The van der Waals surface area contributed by atoms with E-state index in [9.17, 15) is 14.4 Å². The highest BCUT2D eigenvalue weighted by molar-refractivity contribution is 6.35. The van der Waals surface area contributed by atoms with Crippen molar-refractivity contribution in [2.75, 3.05) is 18.5 Å². The predicted octanol–water partition coefficient (Wildman–Crippen LogP) is 2.65. The number of ether oxygens (including phenoxy) is 2. The first kappa shape index (κ1) is 19.6. The van der Waals surface area contributed by atoms with Crippen LogP contribution in [0.3, 0.4) is 0 Å². The molecule has 136 valence electrons. The van der Waals surface area contributed by atoms with E-state index in [2.05, 4.69) is 5.32 Å². The maximum absolute atomic E-state index is 12.1. The molecular weight excluding hydrogens is 383 g/mol. The molecule has 2 rings (SSSR count). The molecule has 0 aliphatic carbocycles. The lowest BCUT2D eigenvalue weighted by molar-refractivity contribution is -0.120. The maximum Gasteiger partial charge on any atom is 0.342 e. The van der Waals surface area contributed by atoms with E-state index in [1.807, 2.05) is 0 Å². The predicted molar refractivity (Wildman–Crippen MR) is 96.5 cm³/mol. The van der Waals surface area contributed by atoms with Crippen LogP contribution in [-0.4, -0.2) is 31.0 Å². The van der Waals surface area contributed by atoms with Crippen molar-refractivity contribution in [1.82, 2.24) is 0 Å². The topological polar surface area (TPSA) is 108 Å². The Morgan fingerprint density at radius 1 is 1.04 bits per heavy atom. The van der Waals surface area contributed by atoms with Gasteiger partial charge in [-0.1, -0.05) is 35.3 Å². The van der Waals surface area contributed by atoms with Gasteiger partial charge in [0.05, 0.1) is 10.7 Å². The standard InChI is InChI=1S/C17H14Cl2N2O5/c18-10-5-6-12(19)13(7-10)21-16(23)9-26-17(24)11-3-1-2-4-14(11)25-8-15(20)22/h1-7H,8-9H2,(H2,20,22)(H,21,23). The van der Waals surface area contributed by atoms with Crippen LogP contribution in [0.5, 0.6) is 5.75 Å². The molecule has 3 N–H and O–H groups in total. The zero-order chi connectivity index (χ0) is 19.1. The SMILES string of the molecule is NC(=O)COc1ccccc1C(=O)OCC(=O)Nc1cc(Cl)ccc1Cl. The summed E-state index contributed by atoms with van der Waals surface area (Å²) in [5.74, 6) is -1.96. The van der Waals surface area contributed by atoms with E-state index in [-0.39, 0.29) is 11.3 Å². The summed E-state index contributed by atoms with van der Waals surface area (Å²) in [6.45, 7) is -0.941. The summed E-state index contributed by atoms with van der Waals surface area (Å²) < 4.78 is 10.1. The fourth-order valence-corrected chi connectivity index (χ4v) is 2.24. The van der Waals surface area contributed by atoms with Crippen LogP contribution >= 0.6 is 23.2 Å². The van der Waals surface area contributed by atoms with E-state index in [4.69, 9.17) is 38.4 Å². The summed E-state index contributed by atoms with van der Waals surface area (Å²) in [5, 5.41) is 3.17. The van der Waals surface area contributed by atoms with Crippen LogP contribution in [0.1, 0.15) is 10.4 Å². The highest BCUT2D eigenvalue weighted by Gasteiger charge is 2.16. The number of rotatable bonds is 7. The monoisotopic (exact) mass is 396 g/mol. The average Bonchev–Trinajstić information content (AvgIpc) is 2.61. The number of carbonyl (C=O) groups is 3. The van der Waals surface area contributed by atoms with Gasteiger partial charge >= 0.3 is 5.97 Å². The first-order valence-corrected chi connectivity index (χ1v) is 8.04. The number of anilines is 1. The Morgan fingerprint density at radius 3 is 2.50 bits per heavy atom. The summed E-state index contributed by atoms with van der Waals surface area (Å²) in [6.07, 6.45) is 0. The lowest BCUT2D eigenvalue weighted by atomic mass is 10.2. The lowest BCUT2D eigenvalue weighted by Gasteiger charge is -2.11. The summed E-state index contributed by atoms with van der Waals surface area (Å²) in [4.78, 5) is 34.9. The first-order valence-electron chi connectivity index (χ1n) is 7.29. The number of amides is 2. The van der Waals surface area contributed by atoms with Gasteiger partial charge in [-0.2, -0.15) is 0 Å². The van der Waals surface area contributed by atoms with Gasteiger partial charge in [-0.25, -0.2) is 4.79 Å². The van der Waals surface area contributed by atoms with E-state index < -0.39 is 31.0 Å². The van der Waals surface area contributed by atoms with Crippen molar-refractivity contribution in [2.24, 2.45) is 5.73 Å². The minimum Gasteiger partial charge on any atom is -0.483 e. The average molecular weight is 397 g/mol. The van der Waals surface area contributed by atoms with Gasteiger partial charge in [0, 0.05) is 5.02 Å². The quantitative estimate of drug-likeness (QED) is 0.699. The molecule has 0 aliphatic heterocycles. The number of benzene rings is 2. The van der Waals surface area contributed by atoms with Crippen LogP contribution in [-0.2, 0) is 14.3 Å². The highest BCUT2D eigenvalue weighted by atomic mass is 35.5. The fourth-order valence-electron chi connectivity index (χ4n) is 1.90. The summed E-state index contributed by atoms with van der Waals surface area (Å²) in [7, 11) is 0. The summed E-state index contributed by atoms with van der Waals surface area (Å²) in [6, 6.07) is 10.7. The van der Waals surface area contributed by atoms with E-state index in [1.165, 1.54) is 24.3 Å². The fraction of sp³-hybridized carbons (Fsp3) is 0.118. The normalized spacial score (nSPS) is 10.1. The van der Waals surface area contributed by atoms with Crippen LogP contribution in [0, 0.1) is 0 Å². The molecule has 0 radical (unpaired) electrons. The smallest absolute Gasteiger partial charge is 0.342 e. The van der Waals surface area contributed by atoms with Crippen molar-refractivity contribution in [2.45, 2.75) is 0 Å².